The fourth-order valence-corrected chi connectivity index (χ4v) is 4.99. The SMILES string of the molecule is CC(C)CC(=O)N(Cc1ccc(Cl)c(Cl)c1)[C@@H]1CC(C(=O)NCCO)=C[C@H](Oc2ccccc2I)[C@H]1O. The van der Waals surface area contributed by atoms with Crippen molar-refractivity contribution in [3.63, 3.8) is 0 Å². The van der Waals surface area contributed by atoms with Gasteiger partial charge in [-0.3, -0.25) is 9.59 Å². The van der Waals surface area contributed by atoms with Crippen LogP contribution >= 0.6 is 45.8 Å². The first-order valence-electron chi connectivity index (χ1n) is 12.0. The lowest BCUT2D eigenvalue weighted by molar-refractivity contribution is -0.140. The Morgan fingerprint density at radius 1 is 1.19 bits per heavy atom. The van der Waals surface area contributed by atoms with E-state index < -0.39 is 18.2 Å². The van der Waals surface area contributed by atoms with Crippen LogP contribution in [0.2, 0.25) is 10.0 Å². The number of carbonyl (C=O) groups is 2. The van der Waals surface area contributed by atoms with Gasteiger partial charge in [-0.25, -0.2) is 0 Å². The van der Waals surface area contributed by atoms with E-state index in [2.05, 4.69) is 27.9 Å². The molecule has 3 atom stereocenters. The number of carbonyl (C=O) groups excluding carboxylic acids is 2. The second-order valence-corrected chi connectivity index (χ2v) is 11.3. The van der Waals surface area contributed by atoms with Crippen molar-refractivity contribution in [1.82, 2.24) is 10.2 Å². The fourth-order valence-electron chi connectivity index (χ4n) is 4.16. The predicted octanol–water partition coefficient (Wildman–Crippen LogP) is 4.59. The number of nitrogens with zero attached hydrogens (tertiary/aromatic N) is 1. The molecule has 0 spiro atoms. The van der Waals surface area contributed by atoms with Crippen LogP contribution in [0, 0.1) is 9.49 Å². The number of ether oxygens (including phenoxy) is 1. The Morgan fingerprint density at radius 2 is 1.92 bits per heavy atom. The molecule has 3 N–H and O–H groups in total. The van der Waals surface area contributed by atoms with Crippen molar-refractivity contribution >= 4 is 57.6 Å². The molecule has 0 bridgehead atoms. The summed E-state index contributed by atoms with van der Waals surface area (Å²) < 4.78 is 7.01. The minimum Gasteiger partial charge on any atom is -0.482 e. The Kier molecular flexibility index (Phi) is 11.1. The van der Waals surface area contributed by atoms with E-state index in [-0.39, 0.29) is 50.3 Å². The summed E-state index contributed by atoms with van der Waals surface area (Å²) in [5.74, 6) is 0.109. The summed E-state index contributed by atoms with van der Waals surface area (Å²) in [5, 5.41) is 24.1. The highest BCUT2D eigenvalue weighted by atomic mass is 127. The number of benzene rings is 2. The average Bonchev–Trinajstić information content (AvgIpc) is 2.85. The summed E-state index contributed by atoms with van der Waals surface area (Å²) in [6.45, 7) is 3.95. The van der Waals surface area contributed by atoms with Gasteiger partial charge in [-0.15, -0.1) is 0 Å². The molecule has 0 aromatic heterocycles. The molecule has 2 amide bonds. The lowest BCUT2D eigenvalue weighted by atomic mass is 9.87. The fraction of sp³-hybridized carbons (Fsp3) is 0.407. The van der Waals surface area contributed by atoms with Gasteiger partial charge >= 0.3 is 0 Å². The lowest BCUT2D eigenvalue weighted by Gasteiger charge is -2.41. The number of aliphatic hydroxyl groups is 2. The van der Waals surface area contributed by atoms with Gasteiger partial charge in [-0.2, -0.15) is 0 Å². The molecule has 0 fully saturated rings. The van der Waals surface area contributed by atoms with Crippen molar-refractivity contribution in [3.05, 3.63) is 73.3 Å². The molecule has 0 heterocycles. The summed E-state index contributed by atoms with van der Waals surface area (Å²) in [6, 6.07) is 11.8. The minimum absolute atomic E-state index is 0.0881. The second-order valence-electron chi connectivity index (χ2n) is 9.31. The number of nitrogens with one attached hydrogen (secondary N) is 1. The van der Waals surface area contributed by atoms with E-state index in [1.807, 2.05) is 32.0 Å². The molecule has 0 unspecified atom stereocenters. The normalized spacial score (nSPS) is 19.4. The maximum absolute atomic E-state index is 13.5. The van der Waals surface area contributed by atoms with Crippen LogP contribution in [0.3, 0.4) is 0 Å². The van der Waals surface area contributed by atoms with Crippen LogP contribution in [0.15, 0.2) is 54.1 Å². The van der Waals surface area contributed by atoms with Crippen molar-refractivity contribution in [3.8, 4) is 5.75 Å². The van der Waals surface area contributed by atoms with Crippen LogP contribution in [0.25, 0.3) is 0 Å². The highest BCUT2D eigenvalue weighted by molar-refractivity contribution is 14.1. The van der Waals surface area contributed by atoms with Crippen molar-refractivity contribution in [2.45, 2.75) is 51.5 Å². The Labute approximate surface area is 240 Å². The standard InChI is InChI=1S/C27H31Cl2IN2O5/c1-16(2)11-25(34)32(15-17-7-8-19(28)20(29)12-17)22-13-18(27(36)31-9-10-33)14-24(26(22)35)37-23-6-4-3-5-21(23)30/h3-8,12,14,16,22,24,26,33,35H,9-11,13,15H2,1-2H3,(H,31,36)/t22-,24+,26+/m1/s1. The van der Waals surface area contributed by atoms with Gasteiger partial charge < -0.3 is 25.2 Å². The van der Waals surface area contributed by atoms with Gasteiger partial charge in [0.1, 0.15) is 18.0 Å². The topological polar surface area (TPSA) is 99.1 Å². The Morgan fingerprint density at radius 3 is 2.57 bits per heavy atom. The van der Waals surface area contributed by atoms with E-state index in [0.717, 1.165) is 9.13 Å². The summed E-state index contributed by atoms with van der Waals surface area (Å²) in [6.07, 6.45) is -0.00384. The molecule has 3 rings (SSSR count). The zero-order valence-corrected chi connectivity index (χ0v) is 24.3. The first-order valence-corrected chi connectivity index (χ1v) is 13.9. The maximum atomic E-state index is 13.5. The Bertz CT molecular complexity index is 1140. The predicted molar refractivity (Wildman–Crippen MR) is 153 cm³/mol. The van der Waals surface area contributed by atoms with E-state index in [0.29, 0.717) is 21.4 Å². The third-order valence-electron chi connectivity index (χ3n) is 5.95. The average molecular weight is 661 g/mol. The van der Waals surface area contributed by atoms with Crippen LogP contribution in [0.1, 0.15) is 32.3 Å². The van der Waals surface area contributed by atoms with E-state index in [4.69, 9.17) is 33.0 Å². The number of para-hydroxylation sites is 1. The highest BCUT2D eigenvalue weighted by Gasteiger charge is 2.40. The van der Waals surface area contributed by atoms with Gasteiger partial charge in [0.15, 0.2) is 0 Å². The summed E-state index contributed by atoms with van der Waals surface area (Å²) in [4.78, 5) is 28.0. The molecule has 2 aromatic rings. The van der Waals surface area contributed by atoms with E-state index in [9.17, 15) is 14.7 Å². The molecule has 2 aromatic carbocycles. The number of rotatable bonds is 10. The number of hydrogen-bond donors (Lipinski definition) is 3. The molecule has 0 radical (unpaired) electrons. The van der Waals surface area contributed by atoms with Crippen molar-refractivity contribution in [1.29, 1.82) is 0 Å². The molecule has 200 valence electrons. The van der Waals surface area contributed by atoms with E-state index in [1.54, 1.807) is 35.2 Å². The van der Waals surface area contributed by atoms with Crippen LogP contribution in [0.4, 0.5) is 0 Å². The van der Waals surface area contributed by atoms with Crippen molar-refractivity contribution < 1.29 is 24.5 Å². The number of halogens is 3. The maximum Gasteiger partial charge on any atom is 0.247 e. The van der Waals surface area contributed by atoms with Crippen LogP contribution < -0.4 is 10.1 Å². The van der Waals surface area contributed by atoms with Gasteiger partial charge in [0.05, 0.1) is 26.3 Å². The molecule has 1 aliphatic carbocycles. The Balaban J connectivity index is 1.99. The summed E-state index contributed by atoms with van der Waals surface area (Å²) in [5.41, 5.74) is 1.12. The van der Waals surface area contributed by atoms with Crippen molar-refractivity contribution in [2.24, 2.45) is 5.92 Å². The number of amides is 2. The molecule has 37 heavy (non-hydrogen) atoms. The van der Waals surface area contributed by atoms with Gasteiger partial charge in [-0.1, -0.05) is 55.2 Å². The molecular formula is C27H31Cl2IN2O5. The molecular weight excluding hydrogens is 630 g/mol. The molecule has 0 aliphatic heterocycles. The van der Waals surface area contributed by atoms with E-state index >= 15 is 0 Å². The minimum atomic E-state index is -1.11. The quantitative estimate of drug-likeness (QED) is 0.324. The smallest absolute Gasteiger partial charge is 0.247 e. The monoisotopic (exact) mass is 660 g/mol. The lowest BCUT2D eigenvalue weighted by Crippen LogP contribution is -2.55. The molecule has 7 nitrogen and oxygen atoms in total. The highest BCUT2D eigenvalue weighted by Crippen LogP contribution is 2.32. The zero-order chi connectivity index (χ0) is 27.1. The van der Waals surface area contributed by atoms with Crippen LogP contribution in [-0.4, -0.2) is 58.3 Å². The molecule has 1 aliphatic rings. The summed E-state index contributed by atoms with van der Waals surface area (Å²) >= 11 is 14.5. The number of hydrogen-bond acceptors (Lipinski definition) is 5. The van der Waals surface area contributed by atoms with E-state index in [1.165, 1.54) is 0 Å². The van der Waals surface area contributed by atoms with Gasteiger partial charge in [-0.05, 0) is 64.4 Å². The molecule has 0 saturated carbocycles. The zero-order valence-electron chi connectivity index (χ0n) is 20.7. The van der Waals surface area contributed by atoms with Crippen molar-refractivity contribution in [2.75, 3.05) is 13.2 Å². The first kappa shape index (κ1) is 29.7. The van der Waals surface area contributed by atoms with Crippen LogP contribution in [-0.2, 0) is 16.1 Å². The van der Waals surface area contributed by atoms with Gasteiger partial charge in [0.2, 0.25) is 11.8 Å². The third-order valence-corrected chi connectivity index (χ3v) is 7.58. The van der Waals surface area contributed by atoms with Gasteiger partial charge in [0.25, 0.3) is 0 Å². The second kappa shape index (κ2) is 13.8. The number of aliphatic hydroxyl groups excluding tert-OH is 2. The molecule has 10 heteroatoms. The third kappa shape index (κ3) is 8.07. The largest absolute Gasteiger partial charge is 0.482 e. The van der Waals surface area contributed by atoms with Crippen LogP contribution in [0.5, 0.6) is 5.75 Å². The Hall–Kier alpha value is -1.85. The molecule has 0 saturated heterocycles. The first-order chi connectivity index (χ1) is 17.6. The summed E-state index contributed by atoms with van der Waals surface area (Å²) in [7, 11) is 0. The van der Waals surface area contributed by atoms with Gasteiger partial charge in [0, 0.05) is 31.5 Å².